The van der Waals surface area contributed by atoms with Crippen LogP contribution < -0.4 is 5.32 Å². The van der Waals surface area contributed by atoms with Crippen molar-refractivity contribution in [2.24, 2.45) is 0 Å². The second kappa shape index (κ2) is 8.32. The molecule has 20 heavy (non-hydrogen) atoms. The van der Waals surface area contributed by atoms with Crippen molar-refractivity contribution in [1.29, 1.82) is 0 Å². The van der Waals surface area contributed by atoms with Crippen LogP contribution in [0.2, 0.25) is 0 Å². The summed E-state index contributed by atoms with van der Waals surface area (Å²) >= 11 is 0. The van der Waals surface area contributed by atoms with Crippen LogP contribution in [-0.2, 0) is 0 Å². The molecule has 0 aliphatic rings. The fraction of sp³-hybridized carbons (Fsp3) is 0.625. The molecule has 0 amide bonds. The van der Waals surface area contributed by atoms with E-state index >= 15 is 0 Å². The molecule has 1 N–H and O–H groups in total. The van der Waals surface area contributed by atoms with Gasteiger partial charge in [-0.05, 0) is 52.9 Å². The average molecular weight is 284 g/mol. The van der Waals surface area contributed by atoms with Gasteiger partial charge in [-0.15, -0.1) is 0 Å². The van der Waals surface area contributed by atoms with E-state index in [1.165, 1.54) is 0 Å². The number of hydrogen-bond acceptors (Lipinski definition) is 2. The van der Waals surface area contributed by atoms with Crippen LogP contribution in [0.1, 0.15) is 45.2 Å². The van der Waals surface area contributed by atoms with Crippen molar-refractivity contribution in [3.05, 3.63) is 35.4 Å². The molecule has 0 aliphatic heterocycles. The third kappa shape index (κ3) is 4.84. The summed E-state index contributed by atoms with van der Waals surface area (Å²) in [4.78, 5) is 2.21. The maximum absolute atomic E-state index is 13.9. The van der Waals surface area contributed by atoms with Crippen molar-refractivity contribution in [1.82, 2.24) is 10.2 Å². The van der Waals surface area contributed by atoms with Gasteiger partial charge >= 0.3 is 0 Å². The minimum atomic E-state index is -0.775. The molecule has 1 atom stereocenters. The molecule has 0 heterocycles. The predicted octanol–water partition coefficient (Wildman–Crippen LogP) is 3.74. The van der Waals surface area contributed by atoms with E-state index in [0.717, 1.165) is 32.0 Å². The zero-order valence-corrected chi connectivity index (χ0v) is 12.9. The van der Waals surface area contributed by atoms with Gasteiger partial charge in [-0.3, -0.25) is 0 Å². The summed E-state index contributed by atoms with van der Waals surface area (Å²) in [6.45, 7) is 7.95. The second-order valence-corrected chi connectivity index (χ2v) is 5.51. The molecule has 0 saturated carbocycles. The largest absolute Gasteiger partial charge is 0.310 e. The highest BCUT2D eigenvalue weighted by atomic mass is 19.2. The highest BCUT2D eigenvalue weighted by Gasteiger charge is 2.18. The molecule has 0 radical (unpaired) electrons. The first-order valence-corrected chi connectivity index (χ1v) is 7.34. The molecule has 0 aromatic heterocycles. The third-order valence-corrected chi connectivity index (χ3v) is 3.65. The van der Waals surface area contributed by atoms with E-state index in [1.54, 1.807) is 12.1 Å². The van der Waals surface area contributed by atoms with E-state index in [1.807, 2.05) is 7.05 Å². The Kier molecular flexibility index (Phi) is 7.10. The molecule has 4 heteroatoms. The van der Waals surface area contributed by atoms with Crippen LogP contribution in [-0.4, -0.2) is 31.1 Å². The summed E-state index contributed by atoms with van der Waals surface area (Å²) in [5.74, 6) is -1.50. The predicted molar refractivity (Wildman–Crippen MR) is 79.8 cm³/mol. The van der Waals surface area contributed by atoms with Crippen LogP contribution in [0.15, 0.2) is 18.2 Å². The van der Waals surface area contributed by atoms with E-state index in [-0.39, 0.29) is 6.04 Å². The molecule has 0 bridgehead atoms. The van der Waals surface area contributed by atoms with E-state index < -0.39 is 11.6 Å². The molecular formula is C16H26F2N2. The van der Waals surface area contributed by atoms with Gasteiger partial charge in [0.2, 0.25) is 0 Å². The zero-order chi connectivity index (χ0) is 15.1. The maximum atomic E-state index is 13.9. The summed E-state index contributed by atoms with van der Waals surface area (Å²) in [6.07, 6.45) is 1.72. The topological polar surface area (TPSA) is 15.3 Å². The smallest absolute Gasteiger partial charge is 0.163 e. The fourth-order valence-corrected chi connectivity index (χ4v) is 2.07. The lowest BCUT2D eigenvalue weighted by Crippen LogP contribution is -2.32. The Bertz CT molecular complexity index is 407. The van der Waals surface area contributed by atoms with Gasteiger partial charge in [-0.1, -0.05) is 19.1 Å². The van der Waals surface area contributed by atoms with Gasteiger partial charge in [0, 0.05) is 17.6 Å². The number of hydrogen-bond donors (Lipinski definition) is 1. The fourth-order valence-electron chi connectivity index (χ4n) is 2.07. The van der Waals surface area contributed by atoms with Crippen LogP contribution in [0.5, 0.6) is 0 Å². The number of halogens is 2. The normalized spacial score (nSPS) is 13.2. The lowest BCUT2D eigenvalue weighted by molar-refractivity contribution is 0.255. The summed E-state index contributed by atoms with van der Waals surface area (Å²) in [5.41, 5.74) is 0.426. The van der Waals surface area contributed by atoms with Gasteiger partial charge in [0.1, 0.15) is 0 Å². The van der Waals surface area contributed by atoms with E-state index in [4.69, 9.17) is 0 Å². The van der Waals surface area contributed by atoms with E-state index in [0.29, 0.717) is 11.6 Å². The summed E-state index contributed by atoms with van der Waals surface area (Å²) < 4.78 is 27.3. The van der Waals surface area contributed by atoms with Crippen LogP contribution in [0, 0.1) is 11.6 Å². The molecule has 2 nitrogen and oxygen atoms in total. The number of rotatable bonds is 8. The first kappa shape index (κ1) is 17.1. The number of nitrogens with zero attached hydrogens (tertiary/aromatic N) is 1. The summed E-state index contributed by atoms with van der Waals surface area (Å²) in [5, 5.41) is 3.31. The van der Waals surface area contributed by atoms with Crippen molar-refractivity contribution >= 4 is 0 Å². The van der Waals surface area contributed by atoms with Gasteiger partial charge < -0.3 is 10.2 Å². The zero-order valence-electron chi connectivity index (χ0n) is 12.9. The van der Waals surface area contributed by atoms with Crippen LogP contribution in [0.4, 0.5) is 8.78 Å². The Labute approximate surface area is 121 Å². The molecule has 1 aromatic carbocycles. The molecule has 0 aliphatic carbocycles. The van der Waals surface area contributed by atoms with Crippen molar-refractivity contribution < 1.29 is 8.78 Å². The monoisotopic (exact) mass is 284 g/mol. The van der Waals surface area contributed by atoms with Crippen molar-refractivity contribution in [3.8, 4) is 0 Å². The Morgan fingerprint density at radius 3 is 2.55 bits per heavy atom. The maximum Gasteiger partial charge on any atom is 0.163 e. The molecule has 1 rings (SSSR count). The molecule has 0 fully saturated rings. The van der Waals surface area contributed by atoms with E-state index in [9.17, 15) is 8.78 Å². The van der Waals surface area contributed by atoms with Gasteiger partial charge in [0.25, 0.3) is 0 Å². The van der Waals surface area contributed by atoms with Crippen LogP contribution in [0.3, 0.4) is 0 Å². The lowest BCUT2D eigenvalue weighted by atomic mass is 10.0. The first-order chi connectivity index (χ1) is 9.47. The minimum absolute atomic E-state index is 0.146. The van der Waals surface area contributed by atoms with Gasteiger partial charge in [0.05, 0.1) is 0 Å². The molecule has 1 aromatic rings. The SMILES string of the molecule is CCCNC(CCN(C)C(C)C)c1cccc(F)c1F. The first-order valence-electron chi connectivity index (χ1n) is 7.34. The van der Waals surface area contributed by atoms with Gasteiger partial charge in [-0.2, -0.15) is 0 Å². The van der Waals surface area contributed by atoms with Gasteiger partial charge in [0.15, 0.2) is 11.6 Å². The molecule has 0 saturated heterocycles. The lowest BCUT2D eigenvalue weighted by Gasteiger charge is -2.25. The Balaban J connectivity index is 2.80. The number of benzene rings is 1. The quantitative estimate of drug-likeness (QED) is 0.782. The Morgan fingerprint density at radius 2 is 1.95 bits per heavy atom. The summed E-state index contributed by atoms with van der Waals surface area (Å²) in [7, 11) is 2.05. The van der Waals surface area contributed by atoms with Gasteiger partial charge in [-0.25, -0.2) is 8.78 Å². The highest BCUT2D eigenvalue weighted by molar-refractivity contribution is 5.22. The molecule has 1 unspecified atom stereocenters. The van der Waals surface area contributed by atoms with Crippen molar-refractivity contribution in [2.45, 2.75) is 45.7 Å². The standard InChI is InChI=1S/C16H26F2N2/c1-5-10-19-15(9-11-20(4)12(2)3)13-7-6-8-14(17)16(13)18/h6-8,12,15,19H,5,9-11H2,1-4H3. The molecule has 0 spiro atoms. The van der Waals surface area contributed by atoms with E-state index in [2.05, 4.69) is 31.0 Å². The highest BCUT2D eigenvalue weighted by Crippen LogP contribution is 2.22. The summed E-state index contributed by atoms with van der Waals surface area (Å²) in [6, 6.07) is 4.70. The number of nitrogens with one attached hydrogen (secondary N) is 1. The van der Waals surface area contributed by atoms with Crippen LogP contribution >= 0.6 is 0 Å². The average Bonchev–Trinajstić information content (AvgIpc) is 2.42. The second-order valence-electron chi connectivity index (χ2n) is 5.51. The van der Waals surface area contributed by atoms with Crippen molar-refractivity contribution in [2.75, 3.05) is 20.1 Å². The van der Waals surface area contributed by atoms with Crippen LogP contribution in [0.25, 0.3) is 0 Å². The molecule has 114 valence electrons. The minimum Gasteiger partial charge on any atom is -0.310 e. The Hall–Kier alpha value is -1.00. The third-order valence-electron chi connectivity index (χ3n) is 3.65. The van der Waals surface area contributed by atoms with Crippen molar-refractivity contribution in [3.63, 3.8) is 0 Å². The Morgan fingerprint density at radius 1 is 1.25 bits per heavy atom. The molecular weight excluding hydrogens is 258 g/mol.